The van der Waals surface area contributed by atoms with Gasteiger partial charge in [0.05, 0.1) is 35.8 Å². The average Bonchev–Trinajstić information content (AvgIpc) is 3.38. The van der Waals surface area contributed by atoms with Crippen LogP contribution in [-0.4, -0.2) is 27.6 Å². The summed E-state index contributed by atoms with van der Waals surface area (Å²) >= 11 is 1.56. The van der Waals surface area contributed by atoms with Gasteiger partial charge < -0.3 is 14.3 Å². The lowest BCUT2D eigenvalue weighted by molar-refractivity contribution is 0.0126. The van der Waals surface area contributed by atoms with Crippen LogP contribution >= 0.6 is 11.3 Å². The van der Waals surface area contributed by atoms with Crippen LogP contribution in [0.3, 0.4) is 0 Å². The maximum Gasteiger partial charge on any atom is 0.274 e. The Balaban J connectivity index is 1.58. The van der Waals surface area contributed by atoms with Gasteiger partial charge in [0.25, 0.3) is 5.56 Å². The van der Waals surface area contributed by atoms with Crippen LogP contribution in [0.2, 0.25) is 0 Å². The highest BCUT2D eigenvalue weighted by Crippen LogP contribution is 2.28. The Labute approximate surface area is 159 Å². The van der Waals surface area contributed by atoms with Gasteiger partial charge in [-0.1, -0.05) is 24.3 Å². The first-order chi connectivity index (χ1) is 13.2. The third-order valence-corrected chi connectivity index (χ3v) is 5.02. The van der Waals surface area contributed by atoms with E-state index in [0.29, 0.717) is 11.1 Å². The summed E-state index contributed by atoms with van der Waals surface area (Å²) in [4.78, 5) is 13.8. The molecule has 4 rings (SSSR count). The van der Waals surface area contributed by atoms with Gasteiger partial charge in [-0.2, -0.15) is 5.10 Å². The lowest BCUT2D eigenvalue weighted by Gasteiger charge is -2.14. The summed E-state index contributed by atoms with van der Waals surface area (Å²) in [5.41, 5.74) is 0.514. The molecule has 6 nitrogen and oxygen atoms in total. The minimum absolute atomic E-state index is 0.0558. The van der Waals surface area contributed by atoms with Crippen LogP contribution in [0.25, 0.3) is 21.3 Å². The highest BCUT2D eigenvalue weighted by Gasteiger charge is 2.15. The number of rotatable bonds is 7. The maximum atomic E-state index is 12.8. The van der Waals surface area contributed by atoms with Crippen molar-refractivity contribution in [2.45, 2.75) is 19.3 Å². The number of nitrogens with zero attached hydrogens (tertiary/aromatic N) is 2. The van der Waals surface area contributed by atoms with E-state index in [2.05, 4.69) is 5.10 Å². The number of aliphatic hydroxyl groups excluding tert-OH is 1. The first-order valence-electron chi connectivity index (χ1n) is 8.54. The summed E-state index contributed by atoms with van der Waals surface area (Å²) in [5, 5.41) is 18.2. The zero-order valence-corrected chi connectivity index (χ0v) is 15.3. The number of fused-ring (bicyclic) bond motifs is 1. The van der Waals surface area contributed by atoms with Crippen LogP contribution in [0.4, 0.5) is 0 Å². The molecule has 3 aromatic heterocycles. The van der Waals surface area contributed by atoms with Crippen molar-refractivity contribution in [2.24, 2.45) is 0 Å². The Morgan fingerprint density at radius 1 is 1.15 bits per heavy atom. The van der Waals surface area contributed by atoms with E-state index in [9.17, 15) is 9.90 Å². The van der Waals surface area contributed by atoms with Crippen LogP contribution in [-0.2, 0) is 17.9 Å². The van der Waals surface area contributed by atoms with Crippen LogP contribution < -0.4 is 5.56 Å². The fourth-order valence-corrected chi connectivity index (χ4v) is 3.62. The van der Waals surface area contributed by atoms with E-state index in [1.807, 2.05) is 35.7 Å². The van der Waals surface area contributed by atoms with Gasteiger partial charge in [0, 0.05) is 5.39 Å². The van der Waals surface area contributed by atoms with Gasteiger partial charge in [0.15, 0.2) is 0 Å². The van der Waals surface area contributed by atoms with Gasteiger partial charge in [0.1, 0.15) is 18.1 Å². The lowest BCUT2D eigenvalue weighted by atomic mass is 10.1. The number of hydrogen-bond donors (Lipinski definition) is 1. The van der Waals surface area contributed by atoms with E-state index in [4.69, 9.17) is 9.15 Å². The molecule has 0 aliphatic rings. The molecule has 3 heterocycles. The fraction of sp³-hybridized carbons (Fsp3) is 0.200. The van der Waals surface area contributed by atoms with Crippen LogP contribution in [0.15, 0.2) is 69.4 Å². The Hall–Kier alpha value is -2.74. The summed E-state index contributed by atoms with van der Waals surface area (Å²) in [6.45, 7) is 0.404. The Kier molecular flexibility index (Phi) is 5.15. The summed E-state index contributed by atoms with van der Waals surface area (Å²) in [6.07, 6.45) is 0.710. The van der Waals surface area contributed by atoms with Gasteiger partial charge in [-0.15, -0.1) is 11.3 Å². The topological polar surface area (TPSA) is 77.5 Å². The number of benzene rings is 1. The molecule has 138 valence electrons. The van der Waals surface area contributed by atoms with Gasteiger partial charge in [-0.3, -0.25) is 4.79 Å². The normalized spacial score (nSPS) is 12.5. The highest BCUT2D eigenvalue weighted by molar-refractivity contribution is 7.13. The SMILES string of the molecule is O=c1c2ccccc2c(-c2cccs2)nn1CC(O)COCc1ccco1. The molecule has 1 unspecified atom stereocenters. The third-order valence-electron chi connectivity index (χ3n) is 4.14. The monoisotopic (exact) mass is 382 g/mol. The minimum Gasteiger partial charge on any atom is -0.467 e. The van der Waals surface area contributed by atoms with Crippen molar-refractivity contribution in [3.8, 4) is 10.6 Å². The number of ether oxygens (including phenoxy) is 1. The summed E-state index contributed by atoms with van der Waals surface area (Å²) in [7, 11) is 0. The quantitative estimate of drug-likeness (QED) is 0.531. The number of aliphatic hydroxyl groups is 1. The van der Waals surface area contributed by atoms with E-state index < -0.39 is 6.10 Å². The first-order valence-corrected chi connectivity index (χ1v) is 9.42. The second-order valence-corrected chi connectivity index (χ2v) is 7.05. The maximum absolute atomic E-state index is 12.8. The predicted molar refractivity (Wildman–Crippen MR) is 104 cm³/mol. The summed E-state index contributed by atoms with van der Waals surface area (Å²) in [5.74, 6) is 0.683. The Morgan fingerprint density at radius 3 is 2.74 bits per heavy atom. The molecule has 7 heteroatoms. The van der Waals surface area contributed by atoms with Gasteiger partial charge in [0.2, 0.25) is 0 Å². The Morgan fingerprint density at radius 2 is 2.00 bits per heavy atom. The van der Waals surface area contributed by atoms with E-state index in [-0.39, 0.29) is 25.3 Å². The van der Waals surface area contributed by atoms with Crippen LogP contribution in [0.1, 0.15) is 5.76 Å². The lowest BCUT2D eigenvalue weighted by Crippen LogP contribution is -2.31. The summed E-state index contributed by atoms with van der Waals surface area (Å²) < 4.78 is 12.0. The number of aromatic nitrogens is 2. The molecule has 1 atom stereocenters. The molecule has 0 aliphatic heterocycles. The predicted octanol–water partition coefficient (Wildman–Crippen LogP) is 3.30. The molecule has 0 saturated carbocycles. The second-order valence-electron chi connectivity index (χ2n) is 6.11. The third kappa shape index (κ3) is 3.85. The molecule has 4 aromatic rings. The zero-order chi connectivity index (χ0) is 18.6. The molecule has 0 radical (unpaired) electrons. The van der Waals surface area contributed by atoms with E-state index in [1.165, 1.54) is 4.68 Å². The van der Waals surface area contributed by atoms with Crippen LogP contribution in [0, 0.1) is 0 Å². The highest BCUT2D eigenvalue weighted by atomic mass is 32.1. The molecule has 0 fully saturated rings. The van der Waals surface area contributed by atoms with Crippen molar-refractivity contribution in [3.63, 3.8) is 0 Å². The standard InChI is InChI=1S/C20H18N2O4S/c23-14(12-25-13-15-5-3-9-26-15)11-22-20(24)17-7-2-1-6-16(17)19(21-22)18-8-4-10-27-18/h1-10,14,23H,11-13H2. The van der Waals surface area contributed by atoms with E-state index in [1.54, 1.807) is 35.8 Å². The van der Waals surface area contributed by atoms with Crippen molar-refractivity contribution in [1.82, 2.24) is 9.78 Å². The van der Waals surface area contributed by atoms with Crippen molar-refractivity contribution in [3.05, 3.63) is 76.3 Å². The molecular formula is C20H18N2O4S. The van der Waals surface area contributed by atoms with E-state index in [0.717, 1.165) is 16.0 Å². The van der Waals surface area contributed by atoms with Gasteiger partial charge >= 0.3 is 0 Å². The minimum atomic E-state index is -0.859. The number of thiophene rings is 1. The second kappa shape index (κ2) is 7.87. The molecule has 1 aromatic carbocycles. The summed E-state index contributed by atoms with van der Waals surface area (Å²) in [6, 6.07) is 14.9. The molecule has 1 N–H and O–H groups in total. The van der Waals surface area contributed by atoms with Crippen LogP contribution in [0.5, 0.6) is 0 Å². The van der Waals surface area contributed by atoms with E-state index >= 15 is 0 Å². The molecule has 27 heavy (non-hydrogen) atoms. The molecule has 0 saturated heterocycles. The number of furan rings is 1. The largest absolute Gasteiger partial charge is 0.467 e. The molecular weight excluding hydrogens is 364 g/mol. The van der Waals surface area contributed by atoms with Gasteiger partial charge in [-0.05, 0) is 29.6 Å². The molecule has 0 aliphatic carbocycles. The molecule has 0 spiro atoms. The van der Waals surface area contributed by atoms with Gasteiger partial charge in [-0.25, -0.2) is 4.68 Å². The fourth-order valence-electron chi connectivity index (χ4n) is 2.90. The van der Waals surface area contributed by atoms with Crippen molar-refractivity contribution in [1.29, 1.82) is 0 Å². The van der Waals surface area contributed by atoms with Crippen molar-refractivity contribution in [2.75, 3.05) is 6.61 Å². The smallest absolute Gasteiger partial charge is 0.274 e. The zero-order valence-electron chi connectivity index (χ0n) is 14.4. The average molecular weight is 382 g/mol. The number of hydrogen-bond acceptors (Lipinski definition) is 6. The molecule has 0 bridgehead atoms. The first kappa shape index (κ1) is 17.7. The Bertz CT molecular complexity index is 1070. The molecule has 0 amide bonds. The van der Waals surface area contributed by atoms with Crippen molar-refractivity contribution < 1.29 is 14.3 Å². The van der Waals surface area contributed by atoms with Crippen molar-refractivity contribution >= 4 is 22.1 Å².